The number of aliphatic hydroxyl groups is 4. The summed E-state index contributed by atoms with van der Waals surface area (Å²) in [6.07, 6.45) is -1.93. The van der Waals surface area contributed by atoms with Gasteiger partial charge in [-0.3, -0.25) is 77.8 Å². The van der Waals surface area contributed by atoms with Gasteiger partial charge in [0.1, 0.15) is 0 Å². The maximum atomic E-state index is 11.9. The summed E-state index contributed by atoms with van der Waals surface area (Å²) in [7, 11) is 0. The minimum atomic E-state index is -1.06. The Labute approximate surface area is 457 Å². The van der Waals surface area contributed by atoms with Gasteiger partial charge in [-0.15, -0.1) is 0 Å². The number of aliphatic carboxylic acids is 6. The molecule has 0 bridgehead atoms. The molecule has 78 heavy (non-hydrogen) atoms. The number of nitrogens with zero attached hydrogens (tertiary/aromatic N) is 10. The van der Waals surface area contributed by atoms with E-state index < -0.39 is 48.0 Å². The van der Waals surface area contributed by atoms with Crippen molar-refractivity contribution in [1.82, 2.24) is 49.0 Å². The number of β-amino-alcohol motifs (C(OH)–C–C–N with tert-alkyl or cyclic N) is 2. The zero-order valence-electron chi connectivity index (χ0n) is 45.5. The second kappa shape index (κ2) is 42.9. The Balaban J connectivity index is 2.35. The molecule has 2 aliphatic rings. The summed E-state index contributed by atoms with van der Waals surface area (Å²) in [5, 5.41) is 99.7. The van der Waals surface area contributed by atoms with Crippen LogP contribution in [0, 0.1) is 0 Å². The molecule has 0 saturated carbocycles. The van der Waals surface area contributed by atoms with Crippen molar-refractivity contribution in [3.8, 4) is 0 Å². The van der Waals surface area contributed by atoms with Crippen LogP contribution >= 0.6 is 0 Å². The van der Waals surface area contributed by atoms with Gasteiger partial charge in [0.15, 0.2) is 0 Å². The lowest BCUT2D eigenvalue weighted by Crippen LogP contribution is -2.51. The third-order valence-corrected chi connectivity index (χ3v) is 12.9. The number of ether oxygens (including phenoxy) is 4. The van der Waals surface area contributed by atoms with E-state index in [1.165, 1.54) is 0 Å². The van der Waals surface area contributed by atoms with Gasteiger partial charge in [-0.1, -0.05) is 0 Å². The molecule has 0 aliphatic carbocycles. The smallest absolute Gasteiger partial charge is 0.317 e. The summed E-state index contributed by atoms with van der Waals surface area (Å²) in [6.45, 7) is 6.10. The largest absolute Gasteiger partial charge is 0.480 e. The van der Waals surface area contributed by atoms with Gasteiger partial charge in [0.2, 0.25) is 0 Å². The molecule has 2 saturated heterocycles. The summed E-state index contributed by atoms with van der Waals surface area (Å²) in [5.41, 5.74) is 0. The number of carbonyl (C=O) groups is 6. The third-order valence-electron chi connectivity index (χ3n) is 12.9. The van der Waals surface area contributed by atoms with Gasteiger partial charge in [0.25, 0.3) is 0 Å². The second-order valence-electron chi connectivity index (χ2n) is 19.4. The van der Waals surface area contributed by atoms with Crippen LogP contribution in [0.4, 0.5) is 0 Å². The van der Waals surface area contributed by atoms with E-state index in [1.54, 1.807) is 29.4 Å². The molecule has 454 valence electrons. The maximum Gasteiger partial charge on any atom is 0.317 e. The highest BCUT2D eigenvalue weighted by molar-refractivity contribution is 5.71. The van der Waals surface area contributed by atoms with Crippen LogP contribution in [-0.2, 0) is 47.7 Å². The molecule has 0 radical (unpaired) electrons. The summed E-state index contributed by atoms with van der Waals surface area (Å²) >= 11 is 0. The highest BCUT2D eigenvalue weighted by Crippen LogP contribution is 2.08. The molecule has 0 aromatic heterocycles. The van der Waals surface area contributed by atoms with Crippen LogP contribution in [0.5, 0.6) is 0 Å². The Bertz CT molecular complexity index is 1490. The lowest BCUT2D eigenvalue weighted by atomic mass is 10.2. The van der Waals surface area contributed by atoms with Gasteiger partial charge in [-0.05, 0) is 0 Å². The van der Waals surface area contributed by atoms with Crippen LogP contribution in [0.2, 0.25) is 0 Å². The van der Waals surface area contributed by atoms with Gasteiger partial charge in [-0.2, -0.15) is 0 Å². The lowest BCUT2D eigenvalue weighted by molar-refractivity contribution is -0.140. The first-order valence-corrected chi connectivity index (χ1v) is 26.8. The second-order valence-corrected chi connectivity index (χ2v) is 19.4. The van der Waals surface area contributed by atoms with E-state index in [4.69, 9.17) is 29.2 Å². The molecule has 2 rings (SSSR count). The zero-order valence-corrected chi connectivity index (χ0v) is 45.5. The summed E-state index contributed by atoms with van der Waals surface area (Å²) in [5.74, 6) is -6.34. The molecule has 30 heteroatoms. The highest BCUT2D eigenvalue weighted by atomic mass is 16.5. The molecule has 2 heterocycles. The number of rotatable bonds is 39. The molecule has 2 unspecified atom stereocenters. The van der Waals surface area contributed by atoms with Crippen molar-refractivity contribution >= 4 is 35.8 Å². The Morgan fingerprint density at radius 3 is 0.731 bits per heavy atom. The highest BCUT2D eigenvalue weighted by Gasteiger charge is 2.25. The fourth-order valence-corrected chi connectivity index (χ4v) is 8.96. The van der Waals surface area contributed by atoms with Gasteiger partial charge >= 0.3 is 35.8 Å². The van der Waals surface area contributed by atoms with Gasteiger partial charge in [0.05, 0.1) is 118 Å². The van der Waals surface area contributed by atoms with Crippen molar-refractivity contribution in [2.75, 3.05) is 262 Å². The van der Waals surface area contributed by atoms with E-state index in [9.17, 15) is 69.6 Å². The number of hydrogen-bond donors (Lipinski definition) is 10. The standard InChI is InChI=1S/C48H92N10O20/c59-21-25-77-29-27-75-23-19-57(33-41(61)31-49-1-5-51(35-43(63)64)9-13-55(39-47(71)72)14-10-52(6-2-49)36-44(65)66)17-18-58(20-24-76-28-30-78-26-22-60)34-42(62)32-50-3-7-53(37-45(67)68)11-15-56(40-48(73)74)16-12-54(8-4-50)38-46(69)70/h41-42,59-62H,1-40H2,(H,63,64)(H,65,66)(H,67,68)(H,69,70)(H,71,72)(H,73,74). The van der Waals surface area contributed by atoms with Crippen LogP contribution in [0.25, 0.3) is 0 Å². The predicted molar refractivity (Wildman–Crippen MR) is 280 cm³/mol. The first-order valence-electron chi connectivity index (χ1n) is 26.8. The van der Waals surface area contributed by atoms with Crippen molar-refractivity contribution in [2.45, 2.75) is 12.2 Å². The fourth-order valence-electron chi connectivity index (χ4n) is 8.96. The first kappa shape index (κ1) is 70.2. The minimum absolute atomic E-state index is 0.137. The number of aliphatic hydroxyl groups excluding tert-OH is 4. The topological polar surface area (TPSA) is 374 Å². The van der Waals surface area contributed by atoms with E-state index in [1.807, 2.05) is 19.6 Å². The zero-order chi connectivity index (χ0) is 57.5. The van der Waals surface area contributed by atoms with Crippen LogP contribution in [-0.4, -0.2) is 410 Å². The molecule has 0 aromatic rings. The van der Waals surface area contributed by atoms with Crippen molar-refractivity contribution in [2.24, 2.45) is 0 Å². The van der Waals surface area contributed by atoms with E-state index in [0.29, 0.717) is 52.4 Å². The van der Waals surface area contributed by atoms with E-state index in [0.717, 1.165) is 0 Å². The molecule has 10 N–H and O–H groups in total. The number of carboxylic acids is 6. The quantitative estimate of drug-likeness (QED) is 0.0256. The van der Waals surface area contributed by atoms with E-state index in [-0.39, 0.29) is 210 Å². The Hall–Kier alpha value is -3.90. The van der Waals surface area contributed by atoms with Crippen LogP contribution in [0.3, 0.4) is 0 Å². The van der Waals surface area contributed by atoms with Gasteiger partial charge < -0.3 is 70.0 Å². The lowest BCUT2D eigenvalue weighted by Gasteiger charge is -2.35. The normalized spacial score (nSPS) is 18.7. The minimum Gasteiger partial charge on any atom is -0.480 e. The van der Waals surface area contributed by atoms with E-state index >= 15 is 0 Å². The van der Waals surface area contributed by atoms with Crippen molar-refractivity contribution in [1.29, 1.82) is 0 Å². The SMILES string of the molecule is O=C(O)CN1CCN(CC(=O)O)CCN(CC(O)CN(CCOCCOCCO)CCN(CCOCCOCCO)CC(O)CN2CCN(CC(=O)O)CCN(CC(=O)O)CCN(CC(=O)O)CC2)CCN(CC(=O)O)CC1. The molecular weight excluding hydrogens is 1040 g/mol. The number of carboxylic acid groups (broad SMARTS) is 6. The van der Waals surface area contributed by atoms with Crippen LogP contribution in [0.1, 0.15) is 0 Å². The molecule has 0 spiro atoms. The monoisotopic (exact) mass is 1130 g/mol. The maximum absolute atomic E-state index is 11.9. The average molecular weight is 1130 g/mol. The third kappa shape index (κ3) is 37.1. The van der Waals surface area contributed by atoms with Gasteiger partial charge in [0, 0.05) is 157 Å². The molecular formula is C48H92N10O20. The summed E-state index contributed by atoms with van der Waals surface area (Å²) < 4.78 is 22.4. The van der Waals surface area contributed by atoms with Crippen molar-refractivity contribution in [3.05, 3.63) is 0 Å². The molecule has 2 atom stereocenters. The Morgan fingerprint density at radius 2 is 0.526 bits per heavy atom. The molecule has 0 amide bonds. The fraction of sp³-hybridized carbons (Fsp3) is 0.875. The Morgan fingerprint density at radius 1 is 0.321 bits per heavy atom. The molecule has 2 fully saturated rings. The molecule has 0 aromatic carbocycles. The van der Waals surface area contributed by atoms with Gasteiger partial charge in [-0.25, -0.2) is 0 Å². The number of hydrogen-bond acceptors (Lipinski definition) is 24. The summed E-state index contributed by atoms with van der Waals surface area (Å²) in [6, 6.07) is 0. The van der Waals surface area contributed by atoms with Crippen LogP contribution in [0.15, 0.2) is 0 Å². The van der Waals surface area contributed by atoms with Crippen LogP contribution < -0.4 is 0 Å². The Kier molecular flexibility index (Phi) is 38.6. The first-order chi connectivity index (χ1) is 37.3. The average Bonchev–Trinajstić information content (AvgIpc) is 3.35. The molecule has 30 nitrogen and oxygen atoms in total. The van der Waals surface area contributed by atoms with E-state index in [2.05, 4.69) is 0 Å². The summed E-state index contributed by atoms with van der Waals surface area (Å²) in [4.78, 5) is 88.8. The molecule has 2 aliphatic heterocycles. The predicted octanol–water partition coefficient (Wildman–Crippen LogP) is -6.69. The van der Waals surface area contributed by atoms with Crippen molar-refractivity contribution < 1.29 is 98.8 Å². The van der Waals surface area contributed by atoms with Crippen molar-refractivity contribution in [3.63, 3.8) is 0 Å².